The molecule has 2 heterocycles. The highest BCUT2D eigenvalue weighted by atomic mass is 15.3. The highest BCUT2D eigenvalue weighted by molar-refractivity contribution is 5.79. The summed E-state index contributed by atoms with van der Waals surface area (Å²) in [7, 11) is 3.88. The van der Waals surface area contributed by atoms with Crippen LogP contribution in [-0.4, -0.2) is 66.0 Å². The van der Waals surface area contributed by atoms with Crippen LogP contribution < -0.4 is 5.32 Å². The average molecular weight is 369 g/mol. The minimum atomic E-state index is 0.599. The van der Waals surface area contributed by atoms with Gasteiger partial charge < -0.3 is 20.1 Å². The number of likely N-dealkylation sites (tertiary alicyclic amines) is 1. The highest BCUT2D eigenvalue weighted by Crippen LogP contribution is 2.16. The molecule has 0 saturated carbocycles. The molecular formula is C21H32N6. The molecule has 27 heavy (non-hydrogen) atoms. The van der Waals surface area contributed by atoms with Crippen molar-refractivity contribution >= 4 is 5.96 Å². The first-order valence-electron chi connectivity index (χ1n) is 9.89. The summed E-state index contributed by atoms with van der Waals surface area (Å²) >= 11 is 0. The number of benzene rings is 1. The van der Waals surface area contributed by atoms with E-state index >= 15 is 0 Å². The Balaban J connectivity index is 1.50. The molecule has 1 atom stereocenters. The maximum Gasteiger partial charge on any atom is 0.193 e. The molecule has 1 aromatic heterocycles. The van der Waals surface area contributed by atoms with Crippen LogP contribution >= 0.6 is 0 Å². The lowest BCUT2D eigenvalue weighted by Crippen LogP contribution is -2.42. The number of aromatic amines is 1. The van der Waals surface area contributed by atoms with Crippen LogP contribution in [0.15, 0.2) is 41.5 Å². The summed E-state index contributed by atoms with van der Waals surface area (Å²) in [6.45, 7) is 7.58. The van der Waals surface area contributed by atoms with Crippen LogP contribution in [0.25, 0.3) is 11.3 Å². The molecule has 1 aromatic carbocycles. The number of rotatable bonds is 7. The number of aliphatic imine (C=N–C) groups is 1. The first-order valence-corrected chi connectivity index (χ1v) is 9.89. The molecule has 1 saturated heterocycles. The number of aromatic nitrogens is 2. The van der Waals surface area contributed by atoms with Crippen molar-refractivity contribution in [1.82, 2.24) is 25.1 Å². The minimum absolute atomic E-state index is 0.599. The van der Waals surface area contributed by atoms with E-state index in [2.05, 4.69) is 49.1 Å². The first kappa shape index (κ1) is 19.4. The monoisotopic (exact) mass is 368 g/mol. The van der Waals surface area contributed by atoms with E-state index in [0.29, 0.717) is 12.5 Å². The lowest BCUT2D eigenvalue weighted by Gasteiger charge is -2.24. The van der Waals surface area contributed by atoms with Crippen LogP contribution in [0.2, 0.25) is 0 Å². The third-order valence-corrected chi connectivity index (χ3v) is 5.05. The summed E-state index contributed by atoms with van der Waals surface area (Å²) in [5, 5.41) is 3.51. The van der Waals surface area contributed by atoms with Crippen LogP contribution in [-0.2, 0) is 6.54 Å². The summed E-state index contributed by atoms with van der Waals surface area (Å²) in [6, 6.07) is 10.3. The van der Waals surface area contributed by atoms with E-state index in [4.69, 9.17) is 0 Å². The molecule has 3 rings (SSSR count). The molecule has 1 fully saturated rings. The van der Waals surface area contributed by atoms with Crippen molar-refractivity contribution in [3.05, 3.63) is 42.4 Å². The fraction of sp³-hybridized carbons (Fsp3) is 0.524. The number of nitrogens with one attached hydrogen (secondary N) is 2. The summed E-state index contributed by atoms with van der Waals surface area (Å²) in [6.07, 6.45) is 4.59. The second kappa shape index (κ2) is 9.55. The van der Waals surface area contributed by atoms with Crippen molar-refractivity contribution in [1.29, 1.82) is 0 Å². The highest BCUT2D eigenvalue weighted by Gasteiger charge is 2.16. The molecule has 6 heteroatoms. The van der Waals surface area contributed by atoms with Crippen molar-refractivity contribution < 1.29 is 0 Å². The zero-order chi connectivity index (χ0) is 19.1. The number of imidazole rings is 1. The zero-order valence-corrected chi connectivity index (χ0v) is 16.8. The van der Waals surface area contributed by atoms with Gasteiger partial charge in [0.05, 0.1) is 18.4 Å². The SMILES string of the molecule is CN=C(NCC(C)CN1CCCC1)N(C)Cc1ncc(-c2ccccc2)[nH]1. The van der Waals surface area contributed by atoms with Gasteiger partial charge in [-0.05, 0) is 37.4 Å². The molecule has 0 spiro atoms. The predicted molar refractivity (Wildman–Crippen MR) is 112 cm³/mol. The maximum absolute atomic E-state index is 4.53. The van der Waals surface area contributed by atoms with Gasteiger partial charge in [-0.1, -0.05) is 37.3 Å². The van der Waals surface area contributed by atoms with Gasteiger partial charge >= 0.3 is 0 Å². The average Bonchev–Trinajstić information content (AvgIpc) is 3.35. The number of guanidine groups is 1. The second-order valence-corrected chi connectivity index (χ2v) is 7.51. The van der Waals surface area contributed by atoms with Gasteiger partial charge in [0, 0.05) is 27.2 Å². The van der Waals surface area contributed by atoms with Gasteiger partial charge in [-0.15, -0.1) is 0 Å². The second-order valence-electron chi connectivity index (χ2n) is 7.51. The summed E-state index contributed by atoms with van der Waals surface area (Å²) in [4.78, 5) is 17.0. The number of hydrogen-bond acceptors (Lipinski definition) is 3. The van der Waals surface area contributed by atoms with E-state index in [1.807, 2.05) is 38.5 Å². The molecule has 0 bridgehead atoms. The zero-order valence-electron chi connectivity index (χ0n) is 16.8. The van der Waals surface area contributed by atoms with Crippen LogP contribution in [0.5, 0.6) is 0 Å². The standard InChI is InChI=1S/C21H32N6/c1-17(15-27-11-7-8-12-27)13-24-21(22-2)26(3)16-20-23-14-19(25-20)18-9-5-4-6-10-18/h4-6,9-10,14,17H,7-8,11-13,15-16H2,1-3H3,(H,22,24)(H,23,25). The third kappa shape index (κ3) is 5.57. The van der Waals surface area contributed by atoms with Gasteiger partial charge in [0.1, 0.15) is 5.82 Å². The molecule has 146 valence electrons. The molecule has 6 nitrogen and oxygen atoms in total. The van der Waals surface area contributed by atoms with E-state index in [1.165, 1.54) is 25.9 Å². The minimum Gasteiger partial charge on any atom is -0.356 e. The number of hydrogen-bond donors (Lipinski definition) is 2. The van der Waals surface area contributed by atoms with Crippen LogP contribution in [0.1, 0.15) is 25.6 Å². The summed E-state index contributed by atoms with van der Waals surface area (Å²) in [5.41, 5.74) is 2.19. The topological polar surface area (TPSA) is 59.6 Å². The normalized spacial score (nSPS) is 16.5. The van der Waals surface area contributed by atoms with E-state index in [0.717, 1.165) is 36.1 Å². The van der Waals surface area contributed by atoms with Crippen LogP contribution in [0.3, 0.4) is 0 Å². The van der Waals surface area contributed by atoms with Crippen molar-refractivity contribution in [2.24, 2.45) is 10.9 Å². The van der Waals surface area contributed by atoms with Crippen LogP contribution in [0, 0.1) is 5.92 Å². The Morgan fingerprint density at radius 1 is 1.30 bits per heavy atom. The molecular weight excluding hydrogens is 336 g/mol. The molecule has 0 amide bonds. The lowest BCUT2D eigenvalue weighted by molar-refractivity contribution is 0.286. The van der Waals surface area contributed by atoms with Crippen molar-refractivity contribution in [3.63, 3.8) is 0 Å². The molecule has 1 aliphatic rings. The Kier molecular flexibility index (Phi) is 6.87. The van der Waals surface area contributed by atoms with E-state index in [9.17, 15) is 0 Å². The van der Waals surface area contributed by atoms with Gasteiger partial charge in [0.15, 0.2) is 5.96 Å². The molecule has 1 aliphatic heterocycles. The van der Waals surface area contributed by atoms with Gasteiger partial charge in [-0.25, -0.2) is 4.98 Å². The summed E-state index contributed by atoms with van der Waals surface area (Å²) < 4.78 is 0. The Labute approximate surface area is 162 Å². The molecule has 0 aliphatic carbocycles. The largest absolute Gasteiger partial charge is 0.356 e. The van der Waals surface area contributed by atoms with Crippen molar-refractivity contribution in [2.45, 2.75) is 26.3 Å². The van der Waals surface area contributed by atoms with Gasteiger partial charge in [-0.2, -0.15) is 0 Å². The number of H-pyrrole nitrogens is 1. The smallest absolute Gasteiger partial charge is 0.193 e. The fourth-order valence-electron chi connectivity index (χ4n) is 3.63. The molecule has 1 unspecified atom stereocenters. The van der Waals surface area contributed by atoms with Gasteiger partial charge in [-0.3, -0.25) is 4.99 Å². The Morgan fingerprint density at radius 2 is 2.04 bits per heavy atom. The van der Waals surface area contributed by atoms with Crippen LogP contribution in [0.4, 0.5) is 0 Å². The first-order chi connectivity index (χ1) is 13.2. The quantitative estimate of drug-likeness (QED) is 0.583. The Hall–Kier alpha value is -2.34. The number of nitrogens with zero attached hydrogens (tertiary/aromatic N) is 4. The van der Waals surface area contributed by atoms with Gasteiger partial charge in [0.25, 0.3) is 0 Å². The van der Waals surface area contributed by atoms with E-state index in [1.54, 1.807) is 0 Å². The molecule has 2 N–H and O–H groups in total. The summed E-state index contributed by atoms with van der Waals surface area (Å²) in [5.74, 6) is 2.44. The predicted octanol–water partition coefficient (Wildman–Crippen LogP) is 2.82. The van der Waals surface area contributed by atoms with E-state index in [-0.39, 0.29) is 0 Å². The van der Waals surface area contributed by atoms with Gasteiger partial charge in [0.2, 0.25) is 0 Å². The third-order valence-electron chi connectivity index (χ3n) is 5.05. The maximum atomic E-state index is 4.53. The molecule has 0 radical (unpaired) electrons. The Morgan fingerprint density at radius 3 is 2.74 bits per heavy atom. The lowest BCUT2D eigenvalue weighted by atomic mass is 10.1. The Bertz CT molecular complexity index is 717. The van der Waals surface area contributed by atoms with Crippen molar-refractivity contribution in [3.8, 4) is 11.3 Å². The fourth-order valence-corrected chi connectivity index (χ4v) is 3.63. The van der Waals surface area contributed by atoms with Crippen molar-refractivity contribution in [2.75, 3.05) is 40.3 Å². The van der Waals surface area contributed by atoms with E-state index < -0.39 is 0 Å². The molecule has 2 aromatic rings.